The molecule has 1 aliphatic rings. The van der Waals surface area contributed by atoms with Gasteiger partial charge in [0.2, 0.25) is 11.8 Å². The third-order valence-corrected chi connectivity index (χ3v) is 17.2. The lowest BCUT2D eigenvalue weighted by atomic mass is 9.93. The zero-order valence-electron chi connectivity index (χ0n) is 37.0. The first kappa shape index (κ1) is 48.7. The van der Waals surface area contributed by atoms with Gasteiger partial charge in [-0.2, -0.15) is 0 Å². The molecule has 1 fully saturated rings. The normalized spacial score (nSPS) is 19.2. The Bertz CT molecular complexity index is 1700. The molecule has 0 radical (unpaired) electrons. The predicted octanol–water partition coefficient (Wildman–Crippen LogP) is 6.70. The Hall–Kier alpha value is -3.66. The molecule has 13 nitrogen and oxygen atoms in total. The zero-order chi connectivity index (χ0) is 43.7. The van der Waals surface area contributed by atoms with Crippen LogP contribution in [0.15, 0.2) is 35.7 Å². The summed E-state index contributed by atoms with van der Waals surface area (Å²) in [5, 5.41) is 17.7. The number of esters is 1. The maximum Gasteiger partial charge on any atom is 0.306 e. The maximum absolute atomic E-state index is 14.3. The molecule has 3 N–H and O–H groups in total. The van der Waals surface area contributed by atoms with Crippen molar-refractivity contribution in [1.82, 2.24) is 25.4 Å². The summed E-state index contributed by atoms with van der Waals surface area (Å²) in [7, 11) is 1.59. The summed E-state index contributed by atoms with van der Waals surface area (Å²) in [6, 6.07) is 7.39. The first-order chi connectivity index (χ1) is 26.9. The first-order valence-corrected chi connectivity index (χ1v) is 24.4. The van der Waals surface area contributed by atoms with Gasteiger partial charge in [-0.05, 0) is 68.3 Å². The smallest absolute Gasteiger partial charge is 0.306 e. The third kappa shape index (κ3) is 13.7. The first-order valence-electron chi connectivity index (χ1n) is 20.6. The highest BCUT2D eigenvalue weighted by molar-refractivity contribution is 7.09. The highest BCUT2D eigenvalue weighted by Gasteiger charge is 2.43. The fourth-order valence-electron chi connectivity index (χ4n) is 7.12. The van der Waals surface area contributed by atoms with E-state index in [1.165, 1.54) is 18.3 Å². The number of hydrogen-bond donors (Lipinski definition) is 3. The van der Waals surface area contributed by atoms with Crippen molar-refractivity contribution in [2.24, 2.45) is 17.8 Å². The number of likely N-dealkylation sites (tertiary alicyclic amines) is 1. The van der Waals surface area contributed by atoms with E-state index in [0.717, 1.165) is 12.0 Å². The molecule has 324 valence electrons. The number of carbonyl (C=O) groups excluding carboxylic acids is 4. The number of rotatable bonds is 19. The van der Waals surface area contributed by atoms with Gasteiger partial charge in [0, 0.05) is 50.5 Å². The van der Waals surface area contributed by atoms with Crippen molar-refractivity contribution in [3.8, 4) is 0 Å². The van der Waals surface area contributed by atoms with Crippen LogP contribution in [0.25, 0.3) is 0 Å². The largest absolute Gasteiger partial charge is 0.481 e. The van der Waals surface area contributed by atoms with Crippen molar-refractivity contribution in [1.29, 1.82) is 0 Å². The molecule has 0 aliphatic carbocycles. The summed E-state index contributed by atoms with van der Waals surface area (Å²) >= 11 is 1.18. The molecule has 0 bridgehead atoms. The van der Waals surface area contributed by atoms with Crippen molar-refractivity contribution in [3.05, 3.63) is 52.0 Å². The van der Waals surface area contributed by atoms with Crippen LogP contribution in [0, 0.1) is 17.8 Å². The number of benzene rings is 1. The van der Waals surface area contributed by atoms with Crippen LogP contribution >= 0.6 is 11.3 Å². The number of aliphatic carboxylic acids is 1. The van der Waals surface area contributed by atoms with Crippen LogP contribution in [0.4, 0.5) is 0 Å². The predicted molar refractivity (Wildman–Crippen MR) is 230 cm³/mol. The van der Waals surface area contributed by atoms with E-state index >= 15 is 0 Å². The molecule has 1 aliphatic heterocycles. The lowest BCUT2D eigenvalue weighted by Gasteiger charge is -2.43. The Morgan fingerprint density at radius 3 is 2.21 bits per heavy atom. The Morgan fingerprint density at radius 1 is 1.02 bits per heavy atom. The van der Waals surface area contributed by atoms with E-state index in [1.54, 1.807) is 24.3 Å². The molecule has 7 atom stereocenters. The number of piperidine rings is 1. The zero-order valence-corrected chi connectivity index (χ0v) is 38.8. The summed E-state index contributed by atoms with van der Waals surface area (Å²) in [4.78, 5) is 74.2. The van der Waals surface area contributed by atoms with E-state index in [2.05, 4.69) is 49.5 Å². The number of carboxylic acid groups (broad SMARTS) is 1. The number of carboxylic acids is 1. The van der Waals surface area contributed by atoms with Gasteiger partial charge >= 0.3 is 11.9 Å². The number of amides is 3. The molecular formula is C43H69N5O8SSi. The van der Waals surface area contributed by atoms with Gasteiger partial charge in [-0.15, -0.1) is 11.3 Å². The molecule has 1 aromatic heterocycles. The second-order valence-corrected chi connectivity index (χ2v) is 23.9. The Balaban J connectivity index is 1.79. The molecule has 2 aromatic rings. The minimum Gasteiger partial charge on any atom is -0.481 e. The van der Waals surface area contributed by atoms with Crippen LogP contribution in [0.1, 0.15) is 115 Å². The summed E-state index contributed by atoms with van der Waals surface area (Å²) in [5.41, 5.74) is 1.08. The van der Waals surface area contributed by atoms with Gasteiger partial charge in [-0.25, -0.2) is 4.98 Å². The fourth-order valence-corrected chi connectivity index (χ4v) is 9.36. The topological polar surface area (TPSA) is 167 Å². The molecule has 3 amide bonds. The molecule has 58 heavy (non-hydrogen) atoms. The van der Waals surface area contributed by atoms with Gasteiger partial charge in [0.1, 0.15) is 16.7 Å². The van der Waals surface area contributed by atoms with Gasteiger partial charge < -0.3 is 29.8 Å². The van der Waals surface area contributed by atoms with Crippen molar-refractivity contribution >= 4 is 49.3 Å². The number of nitrogens with one attached hydrogen (secondary N) is 2. The quantitative estimate of drug-likeness (QED) is 0.102. The maximum atomic E-state index is 14.3. The Kier molecular flexibility index (Phi) is 17.7. The lowest BCUT2D eigenvalue weighted by Crippen LogP contribution is -2.59. The molecule has 0 saturated carbocycles. The van der Waals surface area contributed by atoms with Crippen LogP contribution in [-0.4, -0.2) is 109 Å². The average molecular weight is 844 g/mol. The van der Waals surface area contributed by atoms with Crippen molar-refractivity contribution in [2.75, 3.05) is 20.6 Å². The molecule has 3 rings (SSSR count). The van der Waals surface area contributed by atoms with Crippen molar-refractivity contribution in [2.45, 2.75) is 149 Å². The molecule has 1 aromatic carbocycles. The van der Waals surface area contributed by atoms with E-state index in [0.29, 0.717) is 24.4 Å². The standard InChI is InChI=1S/C43H69N5O8SSi/c1-26(2)34(48(11)41(52)37(27(3)4)46-39(51)35-23-32(19-20-47(35)10)56-58(12,13)43(7,8)9)24-36(55-29(6)49)40-45-33(25-57-40)38(50)44-31(21-28(5)42(53)54)22-30-17-15-14-16-18-30/h14-18,25-28,31-32,34-37H,19-24H2,1-13H3,(H,44,50)(H,46,51)(H,53,54)/t28?,31?,32-,34?,35?,36?,37?/m1/s1. The second-order valence-electron chi connectivity index (χ2n) is 18.3. The average Bonchev–Trinajstić information content (AvgIpc) is 3.62. The minimum absolute atomic E-state index is 0.0407. The number of aromatic nitrogens is 1. The van der Waals surface area contributed by atoms with Gasteiger partial charge in [0.05, 0.1) is 12.0 Å². The second kappa shape index (κ2) is 21.0. The van der Waals surface area contributed by atoms with E-state index in [4.69, 9.17) is 9.16 Å². The van der Waals surface area contributed by atoms with Crippen molar-refractivity contribution < 1.29 is 38.2 Å². The summed E-state index contributed by atoms with van der Waals surface area (Å²) < 4.78 is 12.5. The number of hydrogen-bond acceptors (Lipinski definition) is 10. The van der Waals surface area contributed by atoms with Gasteiger partial charge in [0.25, 0.3) is 5.91 Å². The van der Waals surface area contributed by atoms with E-state index in [1.807, 2.05) is 70.0 Å². The van der Waals surface area contributed by atoms with Crippen LogP contribution in [0.5, 0.6) is 0 Å². The monoisotopic (exact) mass is 843 g/mol. The van der Waals surface area contributed by atoms with Crippen LogP contribution in [-0.2, 0) is 34.8 Å². The summed E-state index contributed by atoms with van der Waals surface area (Å²) in [6.45, 7) is 22.5. The fraction of sp³-hybridized carbons (Fsp3) is 0.674. The van der Waals surface area contributed by atoms with Gasteiger partial charge in [0.15, 0.2) is 14.4 Å². The lowest BCUT2D eigenvalue weighted by molar-refractivity contribution is -0.149. The van der Waals surface area contributed by atoms with E-state index in [-0.39, 0.29) is 53.3 Å². The van der Waals surface area contributed by atoms with Crippen LogP contribution < -0.4 is 10.6 Å². The van der Waals surface area contributed by atoms with Crippen molar-refractivity contribution in [3.63, 3.8) is 0 Å². The van der Waals surface area contributed by atoms with Crippen LogP contribution in [0.3, 0.4) is 0 Å². The number of ether oxygens (including phenoxy) is 1. The molecule has 15 heteroatoms. The highest BCUT2D eigenvalue weighted by Crippen LogP contribution is 2.39. The number of carbonyl (C=O) groups is 5. The summed E-state index contributed by atoms with van der Waals surface area (Å²) in [6.07, 6.45) is 1.35. The molecule has 2 heterocycles. The highest BCUT2D eigenvalue weighted by atomic mass is 32.1. The minimum atomic E-state index is -2.05. The SMILES string of the molecule is CC(=O)OC(CC(C(C)C)N(C)C(=O)C(NC(=O)C1C[C@H](O[Si](C)(C)C(C)(C)C)CCN1C)C(C)C)c1nc(C(=O)NC(Cc2ccccc2)CC(C)C(=O)O)cs1. The molecular weight excluding hydrogens is 775 g/mol. The number of thiazole rings is 1. The molecule has 0 spiro atoms. The number of nitrogens with zero attached hydrogens (tertiary/aromatic N) is 3. The van der Waals surface area contributed by atoms with Gasteiger partial charge in [-0.1, -0.05) is 85.7 Å². The van der Waals surface area contributed by atoms with E-state index < -0.39 is 62.4 Å². The Morgan fingerprint density at radius 2 is 1.66 bits per heavy atom. The Labute approximate surface area is 351 Å². The molecule has 1 saturated heterocycles. The third-order valence-electron chi connectivity index (χ3n) is 11.8. The summed E-state index contributed by atoms with van der Waals surface area (Å²) in [5.74, 6) is -3.38. The number of likely N-dealkylation sites (N-methyl/N-ethyl adjacent to an activating group) is 2. The van der Waals surface area contributed by atoms with Crippen LogP contribution in [0.2, 0.25) is 18.1 Å². The van der Waals surface area contributed by atoms with Gasteiger partial charge in [-0.3, -0.25) is 28.9 Å². The van der Waals surface area contributed by atoms with E-state index in [9.17, 15) is 29.1 Å². The molecule has 6 unspecified atom stereocenters.